The van der Waals surface area contributed by atoms with E-state index in [-0.39, 0.29) is 23.4 Å². The molecule has 162 valence electrons. The van der Waals surface area contributed by atoms with Gasteiger partial charge in [-0.3, -0.25) is 9.59 Å². The summed E-state index contributed by atoms with van der Waals surface area (Å²) in [6.07, 6.45) is 0.0816. The number of ether oxygens (including phenoxy) is 1. The van der Waals surface area contributed by atoms with E-state index in [1.165, 1.54) is 24.3 Å². The molecule has 3 aromatic rings. The molecule has 0 aliphatic heterocycles. The van der Waals surface area contributed by atoms with Crippen molar-refractivity contribution < 1.29 is 24.2 Å². The number of aliphatic imine (C=N–C) groups is 1. The van der Waals surface area contributed by atoms with Crippen molar-refractivity contribution in [1.82, 2.24) is 0 Å². The van der Waals surface area contributed by atoms with Crippen molar-refractivity contribution in [2.24, 2.45) is 4.99 Å². The molecular formula is C24H18BrN2O5-. The smallest absolute Gasteiger partial charge is 0.277 e. The Labute approximate surface area is 192 Å². The third-order valence-electron chi connectivity index (χ3n) is 4.48. The van der Waals surface area contributed by atoms with Gasteiger partial charge in [0.2, 0.25) is 0 Å². The summed E-state index contributed by atoms with van der Waals surface area (Å²) in [6, 6.07) is 19.3. The van der Waals surface area contributed by atoms with E-state index < -0.39 is 17.8 Å². The molecule has 32 heavy (non-hydrogen) atoms. The van der Waals surface area contributed by atoms with Gasteiger partial charge in [-0.2, -0.15) is 0 Å². The Bertz CT molecular complexity index is 1170. The van der Waals surface area contributed by atoms with Crippen LogP contribution in [0.15, 0.2) is 82.3 Å². The summed E-state index contributed by atoms with van der Waals surface area (Å²) in [4.78, 5) is 40.8. The molecule has 1 N–H and O–H groups in total. The van der Waals surface area contributed by atoms with Crippen LogP contribution in [-0.4, -0.2) is 30.6 Å². The van der Waals surface area contributed by atoms with E-state index in [9.17, 15) is 19.5 Å². The molecule has 0 radical (unpaired) electrons. The van der Waals surface area contributed by atoms with Crippen molar-refractivity contribution in [3.05, 3.63) is 94.0 Å². The van der Waals surface area contributed by atoms with Gasteiger partial charge in [0.15, 0.2) is 0 Å². The number of halogens is 1. The molecule has 0 atom stereocenters. The minimum absolute atomic E-state index is 0.0260. The fraction of sp³-hybridized carbons (Fsp3) is 0.0833. The Morgan fingerprint density at radius 1 is 0.969 bits per heavy atom. The van der Waals surface area contributed by atoms with E-state index in [1.54, 1.807) is 55.6 Å². The van der Waals surface area contributed by atoms with Gasteiger partial charge in [0, 0.05) is 22.1 Å². The molecule has 0 bridgehead atoms. The Hall–Kier alpha value is -3.78. The summed E-state index contributed by atoms with van der Waals surface area (Å²) in [7, 11) is 1.55. The van der Waals surface area contributed by atoms with E-state index >= 15 is 0 Å². The minimum Gasteiger partial charge on any atom is -0.545 e. The normalized spacial score (nSPS) is 11.0. The molecule has 8 heteroatoms. The number of carbonyl (C=O) groups excluding carboxylic acids is 3. The van der Waals surface area contributed by atoms with Crippen molar-refractivity contribution in [2.45, 2.75) is 6.42 Å². The van der Waals surface area contributed by atoms with Gasteiger partial charge in [0.05, 0.1) is 13.1 Å². The number of carboxylic acid groups (broad SMARTS) is 1. The average Bonchev–Trinajstić information content (AvgIpc) is 2.79. The highest BCUT2D eigenvalue weighted by Gasteiger charge is 2.16. The number of hydrogen-bond donors (Lipinski definition) is 1. The number of methoxy groups -OCH3 is 1. The van der Waals surface area contributed by atoms with E-state index in [4.69, 9.17) is 4.74 Å². The lowest BCUT2D eigenvalue weighted by Crippen LogP contribution is -2.27. The molecule has 3 rings (SSSR count). The molecule has 7 nitrogen and oxygen atoms in total. The molecule has 0 aromatic heterocycles. The first-order chi connectivity index (χ1) is 15.4. The molecule has 0 saturated carbocycles. The fourth-order valence-corrected chi connectivity index (χ4v) is 3.08. The predicted octanol–water partition coefficient (Wildman–Crippen LogP) is 3.28. The summed E-state index contributed by atoms with van der Waals surface area (Å²) in [5.41, 5.74) is 1.21. The maximum Gasteiger partial charge on any atom is 0.277 e. The number of anilines is 1. The maximum absolute atomic E-state index is 13.0. The third kappa shape index (κ3) is 6.12. The Morgan fingerprint density at radius 2 is 1.66 bits per heavy atom. The molecule has 2 amide bonds. The summed E-state index contributed by atoms with van der Waals surface area (Å²) >= 11 is 3.31. The molecule has 0 spiro atoms. The zero-order valence-corrected chi connectivity index (χ0v) is 18.6. The molecule has 0 heterocycles. The van der Waals surface area contributed by atoms with Crippen molar-refractivity contribution in [3.63, 3.8) is 0 Å². The predicted molar refractivity (Wildman–Crippen MR) is 122 cm³/mol. The number of amides is 2. The van der Waals surface area contributed by atoms with E-state index in [2.05, 4.69) is 26.2 Å². The van der Waals surface area contributed by atoms with Crippen LogP contribution in [0.3, 0.4) is 0 Å². The molecule has 3 aromatic carbocycles. The van der Waals surface area contributed by atoms with Crippen LogP contribution in [-0.2, 0) is 11.2 Å². The largest absolute Gasteiger partial charge is 0.545 e. The molecule has 0 saturated heterocycles. The molecule has 0 fully saturated rings. The number of rotatable bonds is 7. The van der Waals surface area contributed by atoms with Gasteiger partial charge >= 0.3 is 0 Å². The topological polar surface area (TPSA) is 108 Å². The van der Waals surface area contributed by atoms with Gasteiger partial charge in [-0.15, -0.1) is 0 Å². The van der Waals surface area contributed by atoms with E-state index in [0.717, 1.165) is 10.0 Å². The van der Waals surface area contributed by atoms with Crippen molar-refractivity contribution >= 4 is 45.1 Å². The molecule has 0 unspecified atom stereocenters. The SMILES string of the molecule is COc1ccc(CC(=NC(=O)c2ccc(Br)cc2)C(=O)Nc2cccc(C(=O)[O-])c2)cc1. The third-order valence-corrected chi connectivity index (χ3v) is 5.01. The highest BCUT2D eigenvalue weighted by Crippen LogP contribution is 2.15. The zero-order valence-electron chi connectivity index (χ0n) is 17.0. The van der Waals surface area contributed by atoms with Crippen molar-refractivity contribution in [3.8, 4) is 5.75 Å². The molecule has 0 aliphatic carbocycles. The van der Waals surface area contributed by atoms with Gasteiger partial charge in [0.25, 0.3) is 11.8 Å². The number of hydrogen-bond acceptors (Lipinski definition) is 5. The summed E-state index contributed by atoms with van der Waals surface area (Å²) in [5.74, 6) is -1.90. The van der Waals surface area contributed by atoms with E-state index in [1.807, 2.05) is 0 Å². The van der Waals surface area contributed by atoms with Gasteiger partial charge in [-0.1, -0.05) is 40.2 Å². The highest BCUT2D eigenvalue weighted by molar-refractivity contribution is 9.10. The number of carboxylic acids is 1. The van der Waals surface area contributed by atoms with Crippen LogP contribution in [0.2, 0.25) is 0 Å². The standard InChI is InChI=1S/C24H19BrN2O5/c1-32-20-11-5-15(6-12-20)13-21(27-22(28)16-7-9-18(25)10-8-16)23(29)26-19-4-2-3-17(14-19)24(30)31/h2-12,14H,13H2,1H3,(H,26,29)(H,30,31)/p-1. The monoisotopic (exact) mass is 493 g/mol. The van der Waals surface area contributed by atoms with E-state index in [0.29, 0.717) is 11.3 Å². The second-order valence-electron chi connectivity index (χ2n) is 6.72. The lowest BCUT2D eigenvalue weighted by molar-refractivity contribution is -0.255. The highest BCUT2D eigenvalue weighted by atomic mass is 79.9. The van der Waals surface area contributed by atoms with Gasteiger partial charge in [-0.05, 0) is 59.7 Å². The van der Waals surface area contributed by atoms with Crippen LogP contribution in [0.1, 0.15) is 26.3 Å². The van der Waals surface area contributed by atoms with Crippen LogP contribution in [0.25, 0.3) is 0 Å². The number of carbonyl (C=O) groups is 3. The molecular weight excluding hydrogens is 476 g/mol. The Kier molecular flexibility index (Phi) is 7.51. The van der Waals surface area contributed by atoms with Crippen molar-refractivity contribution in [2.75, 3.05) is 12.4 Å². The number of nitrogens with zero attached hydrogens (tertiary/aromatic N) is 1. The maximum atomic E-state index is 13.0. The second kappa shape index (κ2) is 10.5. The lowest BCUT2D eigenvalue weighted by atomic mass is 10.1. The minimum atomic E-state index is -1.36. The lowest BCUT2D eigenvalue weighted by Gasteiger charge is -2.11. The van der Waals surface area contributed by atoms with Gasteiger partial charge in [-0.25, -0.2) is 4.99 Å². The first-order valence-electron chi connectivity index (χ1n) is 9.49. The first-order valence-corrected chi connectivity index (χ1v) is 10.3. The van der Waals surface area contributed by atoms with Crippen LogP contribution in [0.5, 0.6) is 5.75 Å². The van der Waals surface area contributed by atoms with Crippen LogP contribution >= 0.6 is 15.9 Å². The van der Waals surface area contributed by atoms with Crippen LogP contribution in [0.4, 0.5) is 5.69 Å². The number of nitrogens with one attached hydrogen (secondary N) is 1. The number of aromatic carboxylic acids is 1. The summed E-state index contributed by atoms with van der Waals surface area (Å²) < 4.78 is 5.95. The zero-order chi connectivity index (χ0) is 23.1. The average molecular weight is 494 g/mol. The van der Waals surface area contributed by atoms with Crippen LogP contribution in [0, 0.1) is 0 Å². The van der Waals surface area contributed by atoms with Gasteiger partial charge < -0.3 is 20.0 Å². The van der Waals surface area contributed by atoms with Crippen LogP contribution < -0.4 is 15.2 Å². The Balaban J connectivity index is 1.90. The summed E-state index contributed by atoms with van der Waals surface area (Å²) in [5, 5.41) is 13.7. The number of benzene rings is 3. The first kappa shape index (κ1) is 22.9. The second-order valence-corrected chi connectivity index (χ2v) is 7.63. The summed E-state index contributed by atoms with van der Waals surface area (Å²) in [6.45, 7) is 0. The Morgan fingerprint density at radius 3 is 2.28 bits per heavy atom. The quantitative estimate of drug-likeness (QED) is 0.508. The molecule has 0 aliphatic rings. The fourth-order valence-electron chi connectivity index (χ4n) is 2.81. The van der Waals surface area contributed by atoms with Gasteiger partial charge in [0.1, 0.15) is 11.5 Å². The van der Waals surface area contributed by atoms with Crippen molar-refractivity contribution in [1.29, 1.82) is 0 Å².